The van der Waals surface area contributed by atoms with Crippen molar-refractivity contribution in [3.05, 3.63) is 117 Å². The molecule has 0 atom stereocenters. The molecule has 0 saturated heterocycles. The predicted octanol–water partition coefficient (Wildman–Crippen LogP) is 5.26. The van der Waals surface area contributed by atoms with Gasteiger partial charge in [0.05, 0.1) is 41.6 Å². The largest absolute Gasteiger partial charge is 1.00 e. The number of rotatable bonds is 10. The van der Waals surface area contributed by atoms with Crippen molar-refractivity contribution in [2.75, 3.05) is 10.2 Å². The van der Waals surface area contributed by atoms with Gasteiger partial charge in [0.1, 0.15) is 43.4 Å². The number of aryl methyl sites for hydroxylation is 5. The normalized spacial score (nSPS) is 12.0. The molecule has 22 heteroatoms. The number of azo groups is 1. The molecule has 0 radical (unpaired) electrons. The number of pyridine rings is 1. The van der Waals surface area contributed by atoms with E-state index >= 15 is 0 Å². The first-order valence-electron chi connectivity index (χ1n) is 20.4. The molecule has 0 unspecified atom stereocenters. The summed E-state index contributed by atoms with van der Waals surface area (Å²) in [6.07, 6.45) is 0. The van der Waals surface area contributed by atoms with E-state index < -0.39 is 30.5 Å². The Kier molecular flexibility index (Phi) is 15.8. The number of nitriles is 1. The van der Waals surface area contributed by atoms with Crippen LogP contribution in [-0.2, 0) is 25.7 Å². The van der Waals surface area contributed by atoms with Crippen LogP contribution in [0.2, 0.25) is 0 Å². The van der Waals surface area contributed by atoms with Gasteiger partial charge in [-0.1, -0.05) is 79.8 Å². The zero-order chi connectivity index (χ0) is 47.8. The Labute approximate surface area is 467 Å². The Bertz CT molecular complexity index is 3570. The molecule has 0 fully saturated rings. The van der Waals surface area contributed by atoms with Gasteiger partial charge in [0.25, 0.3) is 0 Å². The molecule has 16 nitrogen and oxygen atoms in total. The Hall–Kier alpha value is -3.83. The Morgan fingerprint density at radius 1 is 0.735 bits per heavy atom. The minimum absolute atomic E-state index is 0. The van der Waals surface area contributed by atoms with Crippen molar-refractivity contribution in [2.24, 2.45) is 10.2 Å². The van der Waals surface area contributed by atoms with Gasteiger partial charge in [-0.3, -0.25) is 4.90 Å². The molecule has 0 aliphatic heterocycles. The fourth-order valence-electron chi connectivity index (χ4n) is 8.30. The molecule has 68 heavy (non-hydrogen) atoms. The molecule has 0 bridgehead atoms. The number of hydrogen-bond acceptors (Lipinski definition) is 17. The van der Waals surface area contributed by atoms with E-state index in [-0.39, 0.29) is 142 Å². The molecular formula is C46H42KN10NaO6S4. The Morgan fingerprint density at radius 2 is 1.29 bits per heavy atom. The summed E-state index contributed by atoms with van der Waals surface area (Å²) in [5.74, 6) is 0.360. The van der Waals surface area contributed by atoms with Gasteiger partial charge in [-0.15, -0.1) is 10.2 Å². The summed E-state index contributed by atoms with van der Waals surface area (Å²) in [5, 5.41) is 29.1. The standard InChI is InChI=1S/C46H44N10O6S4.K.Na/c1-23-19-26(4)39(65(57,58)59)28(6)36(23)51-42-37(52-53-43-30(22-47)41(46(8,9)10)54-56(43)45-49-32-16-12-14-18-34(32)64-45)24(2)21-35(50-42)55(44-48-31-15-11-13-17-33(31)63-44)38-25(3)20-27(5)40(29(38)7)66(60,61)62;;/h11-21H,1-10H3,(H,50,51)(H,57,58,59)(H,60,61,62);;/q;2*+1/p-2. The Balaban J connectivity index is 0.00000381. The van der Waals surface area contributed by atoms with Crippen LogP contribution in [0.5, 0.6) is 0 Å². The van der Waals surface area contributed by atoms with Gasteiger partial charge >= 0.3 is 80.9 Å². The van der Waals surface area contributed by atoms with Crippen LogP contribution in [-0.4, -0.2) is 50.7 Å². The monoisotopic (exact) mass is 1020 g/mol. The number of nitrogens with one attached hydrogen (secondary N) is 1. The topological polar surface area (TPSA) is 235 Å². The summed E-state index contributed by atoms with van der Waals surface area (Å²) in [6, 6.07) is 22.2. The van der Waals surface area contributed by atoms with E-state index in [0.29, 0.717) is 43.9 Å². The first-order valence-corrected chi connectivity index (χ1v) is 24.8. The summed E-state index contributed by atoms with van der Waals surface area (Å²) in [6.45, 7) is 17.3. The molecule has 0 spiro atoms. The number of benzene rings is 4. The van der Waals surface area contributed by atoms with Crippen LogP contribution in [0.4, 0.5) is 39.6 Å². The Morgan fingerprint density at radius 3 is 1.85 bits per heavy atom. The minimum Gasteiger partial charge on any atom is -0.744 e. The third kappa shape index (κ3) is 10.2. The second-order valence-corrected chi connectivity index (χ2v) is 21.6. The summed E-state index contributed by atoms with van der Waals surface area (Å²) >= 11 is 2.68. The van der Waals surface area contributed by atoms with Crippen molar-refractivity contribution in [1.82, 2.24) is 24.7 Å². The molecule has 1 N–H and O–H groups in total. The van der Waals surface area contributed by atoms with Gasteiger partial charge < -0.3 is 14.4 Å². The molecule has 4 aromatic heterocycles. The molecule has 338 valence electrons. The first-order chi connectivity index (χ1) is 31.0. The van der Waals surface area contributed by atoms with Gasteiger partial charge in [0.15, 0.2) is 16.8 Å². The van der Waals surface area contributed by atoms with E-state index in [1.54, 1.807) is 64.6 Å². The maximum Gasteiger partial charge on any atom is 1.00 e. The van der Waals surface area contributed by atoms with Crippen molar-refractivity contribution in [2.45, 2.75) is 84.4 Å². The van der Waals surface area contributed by atoms with Crippen LogP contribution in [0.15, 0.2) is 86.7 Å². The quantitative estimate of drug-likeness (QED) is 0.105. The van der Waals surface area contributed by atoms with Crippen molar-refractivity contribution in [3.63, 3.8) is 0 Å². The van der Waals surface area contributed by atoms with Crippen LogP contribution < -0.4 is 91.2 Å². The fourth-order valence-corrected chi connectivity index (χ4v) is 12.1. The molecule has 8 rings (SSSR count). The average Bonchev–Trinajstić information content (AvgIpc) is 3.94. The van der Waals surface area contributed by atoms with E-state index in [9.17, 15) is 31.2 Å². The average molecular weight is 1020 g/mol. The summed E-state index contributed by atoms with van der Waals surface area (Å²) < 4.78 is 79.8. The van der Waals surface area contributed by atoms with E-state index in [4.69, 9.17) is 30.3 Å². The van der Waals surface area contributed by atoms with E-state index in [1.807, 2.05) is 69.3 Å². The second-order valence-electron chi connectivity index (χ2n) is 17.0. The summed E-state index contributed by atoms with van der Waals surface area (Å²) in [4.78, 5) is 15.8. The van der Waals surface area contributed by atoms with Gasteiger partial charge in [-0.05, 0) is 118 Å². The number of anilines is 5. The smallest absolute Gasteiger partial charge is 0.744 e. The molecule has 0 amide bonds. The van der Waals surface area contributed by atoms with Gasteiger partial charge in [-0.2, -0.15) is 15.0 Å². The second kappa shape index (κ2) is 20.1. The van der Waals surface area contributed by atoms with Crippen LogP contribution in [0.25, 0.3) is 25.6 Å². The maximum atomic E-state index is 12.8. The van der Waals surface area contributed by atoms with Crippen LogP contribution in [0, 0.1) is 59.8 Å². The number of hydrogen-bond donors (Lipinski definition) is 1. The van der Waals surface area contributed by atoms with Crippen LogP contribution in [0.1, 0.15) is 71.0 Å². The third-order valence-electron chi connectivity index (χ3n) is 11.0. The minimum atomic E-state index is -4.96. The summed E-state index contributed by atoms with van der Waals surface area (Å²) in [7, 11) is -9.90. The molecule has 0 aliphatic carbocycles. The molecule has 8 aromatic rings. The van der Waals surface area contributed by atoms with Crippen LogP contribution >= 0.6 is 22.7 Å². The van der Waals surface area contributed by atoms with Crippen molar-refractivity contribution >= 4 is 103 Å². The SMILES string of the molecule is Cc1cc(N(c2nc3ccccc3s2)c2c(C)cc(C)c(S(=O)(=O)[O-])c2C)nc(Nc2c(C)cc(C)c(S(=O)(=O)[O-])c2C)c1N=Nc1c(C#N)c(C(C)(C)C)nn1-c1nc2ccccc2s1.[K+].[Na+]. The summed E-state index contributed by atoms with van der Waals surface area (Å²) in [5.41, 5.74) is 4.74. The van der Waals surface area contributed by atoms with Gasteiger partial charge in [0.2, 0.25) is 5.13 Å². The molecular weight excluding hydrogens is 979 g/mol. The molecule has 0 aliphatic rings. The number of aromatic nitrogens is 5. The number of nitrogens with zero attached hydrogens (tertiary/aromatic N) is 9. The predicted molar refractivity (Wildman–Crippen MR) is 255 cm³/mol. The molecule has 4 heterocycles. The molecule has 4 aromatic carbocycles. The maximum absolute atomic E-state index is 12.8. The zero-order valence-electron chi connectivity index (χ0n) is 39.5. The van der Waals surface area contributed by atoms with E-state index in [0.717, 1.165) is 14.9 Å². The number of para-hydroxylation sites is 2. The van der Waals surface area contributed by atoms with Gasteiger partial charge in [0, 0.05) is 11.1 Å². The molecule has 0 saturated carbocycles. The van der Waals surface area contributed by atoms with Crippen LogP contribution in [0.3, 0.4) is 0 Å². The third-order valence-corrected chi connectivity index (χ3v) is 15.3. The van der Waals surface area contributed by atoms with Gasteiger partial charge in [-0.25, -0.2) is 31.8 Å². The van der Waals surface area contributed by atoms with Crippen molar-refractivity contribution < 1.29 is 107 Å². The van der Waals surface area contributed by atoms with E-state index in [1.165, 1.54) is 34.3 Å². The zero-order valence-corrected chi connectivity index (χ0v) is 47.8. The first kappa shape index (κ1) is 53.5. The fraction of sp³-hybridized carbons (Fsp3) is 0.239. The number of thiazole rings is 2. The van der Waals surface area contributed by atoms with E-state index in [2.05, 4.69) is 11.4 Å². The van der Waals surface area contributed by atoms with Crippen molar-refractivity contribution in [1.29, 1.82) is 5.26 Å². The van der Waals surface area contributed by atoms with Crippen molar-refractivity contribution in [3.8, 4) is 11.2 Å². The number of fused-ring (bicyclic) bond motifs is 2.